The molecule has 1 rings (SSSR count). The Morgan fingerprint density at radius 1 is 1.22 bits per heavy atom. The first-order valence-corrected chi connectivity index (χ1v) is 7.85. The number of nitrogens with zero attached hydrogens (tertiary/aromatic N) is 1. The summed E-state index contributed by atoms with van der Waals surface area (Å²) in [6.45, 7) is 1.90. The van der Waals surface area contributed by atoms with Crippen molar-refractivity contribution in [3.63, 3.8) is 0 Å². The fraction of sp³-hybridized carbons (Fsp3) is 0.438. The second kappa shape index (κ2) is 8.19. The Hall–Kier alpha value is -1.77. The largest absolute Gasteiger partial charge is 0.481 e. The third-order valence-corrected chi connectivity index (χ3v) is 4.56. The van der Waals surface area contributed by atoms with Gasteiger partial charge in [0.1, 0.15) is 0 Å². The second-order valence-corrected chi connectivity index (χ2v) is 6.15. The molecule has 1 aromatic carbocycles. The zero-order chi connectivity index (χ0) is 17.6. The van der Waals surface area contributed by atoms with Crippen molar-refractivity contribution in [1.29, 1.82) is 5.26 Å². The second-order valence-electron chi connectivity index (χ2n) is 5.34. The van der Waals surface area contributed by atoms with E-state index in [2.05, 4.69) is 6.07 Å². The number of nitriles is 1. The zero-order valence-corrected chi connectivity index (χ0v) is 14.1. The van der Waals surface area contributed by atoms with Crippen LogP contribution in [-0.4, -0.2) is 22.2 Å². The molecule has 0 saturated heterocycles. The van der Waals surface area contributed by atoms with Crippen LogP contribution >= 0.6 is 23.2 Å². The molecule has 5 nitrogen and oxygen atoms in total. The summed E-state index contributed by atoms with van der Waals surface area (Å²) < 4.78 is 0. The van der Waals surface area contributed by atoms with Crippen LogP contribution in [0.15, 0.2) is 18.2 Å². The summed E-state index contributed by atoms with van der Waals surface area (Å²) in [7, 11) is 0. The lowest BCUT2D eigenvalue weighted by molar-refractivity contribution is -0.154. The smallest absolute Gasteiger partial charge is 0.317 e. The molecule has 124 valence electrons. The van der Waals surface area contributed by atoms with Crippen molar-refractivity contribution >= 4 is 35.1 Å². The number of benzene rings is 1. The molecule has 0 amide bonds. The predicted molar refractivity (Wildman–Crippen MR) is 86.7 cm³/mol. The Kier molecular flexibility index (Phi) is 6.86. The highest BCUT2D eigenvalue weighted by Gasteiger charge is 2.35. The van der Waals surface area contributed by atoms with E-state index in [-0.39, 0.29) is 12.8 Å². The summed E-state index contributed by atoms with van der Waals surface area (Å²) in [5.41, 5.74) is -0.377. The molecular formula is C16H17Cl2NO4. The van der Waals surface area contributed by atoms with Gasteiger partial charge in [-0.15, -0.1) is 0 Å². The van der Waals surface area contributed by atoms with Gasteiger partial charge in [0.05, 0.1) is 21.5 Å². The van der Waals surface area contributed by atoms with E-state index in [0.717, 1.165) is 0 Å². The molecule has 0 heterocycles. The SMILES string of the molecule is CCCC(C#N)(CCC(C(=O)O)C(=O)O)c1ccc(Cl)c(Cl)c1. The van der Waals surface area contributed by atoms with Crippen LogP contribution in [0.5, 0.6) is 0 Å². The lowest BCUT2D eigenvalue weighted by atomic mass is 9.73. The molecular weight excluding hydrogens is 341 g/mol. The van der Waals surface area contributed by atoms with Gasteiger partial charge in [-0.3, -0.25) is 9.59 Å². The van der Waals surface area contributed by atoms with Crippen LogP contribution < -0.4 is 0 Å². The number of carboxylic acids is 2. The number of carbonyl (C=O) groups is 2. The van der Waals surface area contributed by atoms with Gasteiger partial charge >= 0.3 is 11.9 Å². The number of hydrogen-bond donors (Lipinski definition) is 2. The van der Waals surface area contributed by atoms with Crippen molar-refractivity contribution in [3.05, 3.63) is 33.8 Å². The molecule has 0 fully saturated rings. The maximum absolute atomic E-state index is 11.0. The van der Waals surface area contributed by atoms with Gasteiger partial charge in [-0.25, -0.2) is 0 Å². The lowest BCUT2D eigenvalue weighted by Crippen LogP contribution is -2.29. The van der Waals surface area contributed by atoms with E-state index in [0.29, 0.717) is 28.5 Å². The molecule has 2 N–H and O–H groups in total. The van der Waals surface area contributed by atoms with Gasteiger partial charge in [-0.1, -0.05) is 42.6 Å². The van der Waals surface area contributed by atoms with Crippen molar-refractivity contribution < 1.29 is 19.8 Å². The molecule has 0 aliphatic heterocycles. The summed E-state index contributed by atoms with van der Waals surface area (Å²) >= 11 is 11.9. The Morgan fingerprint density at radius 3 is 2.26 bits per heavy atom. The molecule has 0 spiro atoms. The quantitative estimate of drug-likeness (QED) is 0.681. The van der Waals surface area contributed by atoms with Crippen LogP contribution in [0.4, 0.5) is 0 Å². The minimum Gasteiger partial charge on any atom is -0.481 e. The van der Waals surface area contributed by atoms with Crippen LogP contribution in [0, 0.1) is 17.2 Å². The van der Waals surface area contributed by atoms with Crippen LogP contribution in [0.2, 0.25) is 10.0 Å². The summed E-state index contributed by atoms with van der Waals surface area (Å²) in [6, 6.07) is 7.05. The summed E-state index contributed by atoms with van der Waals surface area (Å²) in [6.07, 6.45) is 1.11. The van der Waals surface area contributed by atoms with E-state index in [1.807, 2.05) is 6.92 Å². The van der Waals surface area contributed by atoms with Gasteiger partial charge in [0.25, 0.3) is 0 Å². The number of carboxylic acid groups (broad SMARTS) is 2. The van der Waals surface area contributed by atoms with Crippen LogP contribution in [-0.2, 0) is 15.0 Å². The fourth-order valence-corrected chi connectivity index (χ4v) is 2.85. The maximum atomic E-state index is 11.0. The maximum Gasteiger partial charge on any atom is 0.317 e. The fourth-order valence-electron chi connectivity index (χ4n) is 2.55. The van der Waals surface area contributed by atoms with Gasteiger partial charge in [-0.05, 0) is 37.0 Å². The Balaban J connectivity index is 3.17. The number of rotatable bonds is 8. The molecule has 0 aliphatic rings. The minimum atomic E-state index is -1.54. The highest BCUT2D eigenvalue weighted by molar-refractivity contribution is 6.42. The summed E-state index contributed by atoms with van der Waals surface area (Å²) in [5, 5.41) is 28.3. The molecule has 7 heteroatoms. The van der Waals surface area contributed by atoms with Gasteiger partial charge < -0.3 is 10.2 Å². The minimum absolute atomic E-state index is 0.110. The van der Waals surface area contributed by atoms with E-state index in [1.54, 1.807) is 18.2 Å². The van der Waals surface area contributed by atoms with Gasteiger partial charge in [0.2, 0.25) is 0 Å². The van der Waals surface area contributed by atoms with E-state index < -0.39 is 23.3 Å². The third kappa shape index (κ3) is 4.60. The molecule has 23 heavy (non-hydrogen) atoms. The van der Waals surface area contributed by atoms with E-state index in [1.165, 1.54) is 0 Å². The predicted octanol–water partition coefficient (Wildman–Crippen LogP) is 4.12. The third-order valence-electron chi connectivity index (χ3n) is 3.82. The van der Waals surface area contributed by atoms with Crippen LogP contribution in [0.3, 0.4) is 0 Å². The molecule has 0 aromatic heterocycles. The van der Waals surface area contributed by atoms with Gasteiger partial charge in [0.15, 0.2) is 5.92 Å². The molecule has 0 saturated carbocycles. The summed E-state index contributed by atoms with van der Waals surface area (Å²) in [5.74, 6) is -4.35. The highest BCUT2D eigenvalue weighted by atomic mass is 35.5. The number of hydrogen-bond acceptors (Lipinski definition) is 3. The number of aliphatic carboxylic acids is 2. The first-order chi connectivity index (χ1) is 10.8. The Morgan fingerprint density at radius 2 is 1.83 bits per heavy atom. The van der Waals surface area contributed by atoms with E-state index in [4.69, 9.17) is 33.4 Å². The van der Waals surface area contributed by atoms with Gasteiger partial charge in [-0.2, -0.15) is 5.26 Å². The molecule has 1 atom stereocenters. The van der Waals surface area contributed by atoms with E-state index in [9.17, 15) is 14.9 Å². The normalized spacial score (nSPS) is 13.3. The monoisotopic (exact) mass is 357 g/mol. The van der Waals surface area contributed by atoms with Gasteiger partial charge in [0, 0.05) is 0 Å². The number of halogens is 2. The highest BCUT2D eigenvalue weighted by Crippen LogP contribution is 2.37. The molecule has 0 bridgehead atoms. The first-order valence-electron chi connectivity index (χ1n) is 7.09. The molecule has 0 radical (unpaired) electrons. The van der Waals surface area contributed by atoms with Crippen molar-refractivity contribution in [3.8, 4) is 6.07 Å². The van der Waals surface area contributed by atoms with E-state index >= 15 is 0 Å². The average molecular weight is 358 g/mol. The molecule has 1 unspecified atom stereocenters. The molecule has 0 aliphatic carbocycles. The topological polar surface area (TPSA) is 98.4 Å². The Labute approximate surface area is 144 Å². The summed E-state index contributed by atoms with van der Waals surface area (Å²) in [4.78, 5) is 22.1. The standard InChI is InChI=1S/C16H17Cl2NO4/c1-2-6-16(9-19,7-5-11(14(20)21)15(22)23)10-3-4-12(17)13(18)8-10/h3-4,8,11H,2,5-7H2,1H3,(H,20,21)(H,22,23). The van der Waals surface area contributed by atoms with Crippen molar-refractivity contribution in [2.24, 2.45) is 5.92 Å². The van der Waals surface area contributed by atoms with Crippen LogP contribution in [0.1, 0.15) is 38.2 Å². The van der Waals surface area contributed by atoms with Crippen molar-refractivity contribution in [2.45, 2.75) is 38.0 Å². The first kappa shape index (κ1) is 19.3. The lowest BCUT2D eigenvalue weighted by Gasteiger charge is -2.28. The van der Waals surface area contributed by atoms with Crippen LogP contribution in [0.25, 0.3) is 0 Å². The average Bonchev–Trinajstić information content (AvgIpc) is 2.48. The van der Waals surface area contributed by atoms with Crippen molar-refractivity contribution in [1.82, 2.24) is 0 Å². The van der Waals surface area contributed by atoms with Crippen molar-refractivity contribution in [2.75, 3.05) is 0 Å². The zero-order valence-electron chi connectivity index (χ0n) is 12.6. The molecule has 1 aromatic rings. The Bertz CT molecular complexity index is 627.